The first-order valence-electron chi connectivity index (χ1n) is 12.0. The van der Waals surface area contributed by atoms with Gasteiger partial charge in [-0.2, -0.15) is 0 Å². The molecule has 1 fully saturated rings. The first-order chi connectivity index (χ1) is 17.8. The van der Waals surface area contributed by atoms with Crippen molar-refractivity contribution in [3.63, 3.8) is 0 Å². The van der Waals surface area contributed by atoms with E-state index in [-0.39, 0.29) is 39.9 Å². The molecule has 0 bridgehead atoms. The van der Waals surface area contributed by atoms with Crippen LogP contribution in [0.5, 0.6) is 0 Å². The number of anilines is 1. The van der Waals surface area contributed by atoms with Crippen molar-refractivity contribution >= 4 is 56.4 Å². The van der Waals surface area contributed by atoms with E-state index in [1.165, 1.54) is 17.0 Å². The molecule has 13 heteroatoms. The molecule has 0 heterocycles. The molecule has 0 aliphatic heterocycles. The number of carbonyl (C=O) groups excluding carboxylic acids is 2. The van der Waals surface area contributed by atoms with Crippen molar-refractivity contribution < 1.29 is 22.9 Å². The summed E-state index contributed by atoms with van der Waals surface area (Å²) in [6, 6.07) is 7.64. The molecule has 0 spiro atoms. The summed E-state index contributed by atoms with van der Waals surface area (Å²) in [6.45, 7) is 2.29. The van der Waals surface area contributed by atoms with Crippen LogP contribution in [0, 0.1) is 17.0 Å². The first-order valence-corrected chi connectivity index (χ1v) is 14.7. The molecular formula is C25H30Cl2N4O6S. The van der Waals surface area contributed by atoms with Crippen LogP contribution in [0.15, 0.2) is 36.4 Å². The predicted octanol–water partition coefficient (Wildman–Crippen LogP) is 4.45. The molecule has 2 aromatic rings. The zero-order chi connectivity index (χ0) is 28.2. The number of nitro groups is 1. The Labute approximate surface area is 232 Å². The molecule has 1 saturated carbocycles. The Hall–Kier alpha value is -2.89. The van der Waals surface area contributed by atoms with Crippen molar-refractivity contribution in [1.82, 2.24) is 10.2 Å². The van der Waals surface area contributed by atoms with Gasteiger partial charge >= 0.3 is 0 Å². The number of carbonyl (C=O) groups is 2. The van der Waals surface area contributed by atoms with Crippen LogP contribution in [0.1, 0.15) is 43.7 Å². The number of sulfonamides is 1. The lowest BCUT2D eigenvalue weighted by molar-refractivity contribution is -0.384. The Balaban J connectivity index is 1.99. The second-order valence-electron chi connectivity index (χ2n) is 9.39. The van der Waals surface area contributed by atoms with Gasteiger partial charge in [0, 0.05) is 40.3 Å². The maximum atomic E-state index is 13.7. The van der Waals surface area contributed by atoms with Gasteiger partial charge in [-0.25, -0.2) is 8.42 Å². The summed E-state index contributed by atoms with van der Waals surface area (Å²) in [5.41, 5.74) is 0.494. The predicted molar refractivity (Wildman–Crippen MR) is 147 cm³/mol. The van der Waals surface area contributed by atoms with Gasteiger partial charge in [0.15, 0.2) is 0 Å². The lowest BCUT2D eigenvalue weighted by Gasteiger charge is -2.32. The van der Waals surface area contributed by atoms with Crippen molar-refractivity contribution in [1.29, 1.82) is 0 Å². The van der Waals surface area contributed by atoms with Crippen molar-refractivity contribution in [2.24, 2.45) is 0 Å². The van der Waals surface area contributed by atoms with Gasteiger partial charge < -0.3 is 10.2 Å². The topological polar surface area (TPSA) is 130 Å². The highest BCUT2D eigenvalue weighted by atomic mass is 35.5. The third-order valence-electron chi connectivity index (χ3n) is 6.61. The quantitative estimate of drug-likeness (QED) is 0.324. The van der Waals surface area contributed by atoms with E-state index in [1.807, 2.05) is 0 Å². The molecule has 0 saturated heterocycles. The molecule has 10 nitrogen and oxygen atoms in total. The van der Waals surface area contributed by atoms with Crippen molar-refractivity contribution in [2.75, 3.05) is 17.1 Å². The number of benzene rings is 2. The van der Waals surface area contributed by atoms with E-state index < -0.39 is 33.4 Å². The molecule has 38 heavy (non-hydrogen) atoms. The maximum absolute atomic E-state index is 13.7. The summed E-state index contributed by atoms with van der Waals surface area (Å²) in [4.78, 5) is 38.8. The highest BCUT2D eigenvalue weighted by Gasteiger charge is 2.33. The molecule has 206 valence electrons. The fourth-order valence-electron chi connectivity index (χ4n) is 4.40. The molecule has 1 N–H and O–H groups in total. The highest BCUT2D eigenvalue weighted by Crippen LogP contribution is 2.30. The van der Waals surface area contributed by atoms with Crippen LogP contribution in [0.4, 0.5) is 11.4 Å². The van der Waals surface area contributed by atoms with Gasteiger partial charge in [0.1, 0.15) is 12.6 Å². The highest BCUT2D eigenvalue weighted by molar-refractivity contribution is 7.92. The molecule has 3 rings (SSSR count). The fraction of sp³-hybridized carbons (Fsp3) is 0.440. The van der Waals surface area contributed by atoms with E-state index in [2.05, 4.69) is 5.32 Å². The molecule has 1 aliphatic rings. The number of non-ortho nitro benzene ring substituents is 1. The maximum Gasteiger partial charge on any atom is 0.271 e. The molecule has 0 radical (unpaired) electrons. The van der Waals surface area contributed by atoms with Crippen LogP contribution in [0.25, 0.3) is 0 Å². The minimum atomic E-state index is -4.05. The van der Waals surface area contributed by atoms with Gasteiger partial charge in [-0.3, -0.25) is 24.0 Å². The summed E-state index contributed by atoms with van der Waals surface area (Å²) in [7, 11) is -4.05. The third kappa shape index (κ3) is 7.15. The summed E-state index contributed by atoms with van der Waals surface area (Å²) in [5, 5.41) is 14.9. The fourth-order valence-corrected chi connectivity index (χ4v) is 5.82. The average Bonchev–Trinajstić information content (AvgIpc) is 3.34. The number of hydrogen-bond acceptors (Lipinski definition) is 6. The van der Waals surface area contributed by atoms with Gasteiger partial charge in [0.2, 0.25) is 21.8 Å². The van der Waals surface area contributed by atoms with Crippen molar-refractivity contribution in [3.8, 4) is 0 Å². The van der Waals surface area contributed by atoms with Crippen LogP contribution >= 0.6 is 23.2 Å². The zero-order valence-electron chi connectivity index (χ0n) is 21.3. The molecule has 2 amide bonds. The monoisotopic (exact) mass is 584 g/mol. The number of nitrogens with zero attached hydrogens (tertiary/aromatic N) is 3. The number of hydrogen-bond donors (Lipinski definition) is 1. The van der Waals surface area contributed by atoms with Crippen molar-refractivity contribution in [3.05, 3.63) is 67.7 Å². The average molecular weight is 586 g/mol. The molecule has 1 atom stereocenters. The van der Waals surface area contributed by atoms with E-state index in [0.717, 1.165) is 42.3 Å². The lowest BCUT2D eigenvalue weighted by atomic mass is 10.1. The third-order valence-corrected chi connectivity index (χ3v) is 8.45. The van der Waals surface area contributed by atoms with E-state index in [0.29, 0.717) is 11.1 Å². The van der Waals surface area contributed by atoms with E-state index in [1.54, 1.807) is 32.0 Å². The van der Waals surface area contributed by atoms with Gasteiger partial charge in [-0.05, 0) is 44.4 Å². The number of nitrogens with one attached hydrogen (secondary N) is 1. The summed E-state index contributed by atoms with van der Waals surface area (Å²) < 4.78 is 26.4. The minimum Gasteiger partial charge on any atom is -0.352 e. The van der Waals surface area contributed by atoms with Gasteiger partial charge in [-0.1, -0.05) is 48.2 Å². The van der Waals surface area contributed by atoms with E-state index in [4.69, 9.17) is 23.2 Å². The summed E-state index contributed by atoms with van der Waals surface area (Å²) in [5.74, 6) is -1.09. The Kier molecular flexibility index (Phi) is 9.61. The molecule has 0 aromatic heterocycles. The van der Waals surface area contributed by atoms with Gasteiger partial charge in [0.25, 0.3) is 5.69 Å². The summed E-state index contributed by atoms with van der Waals surface area (Å²) in [6.07, 6.45) is 4.60. The normalized spacial score (nSPS) is 14.7. The van der Waals surface area contributed by atoms with Gasteiger partial charge in [0.05, 0.1) is 16.9 Å². The second-order valence-corrected chi connectivity index (χ2v) is 12.1. The van der Waals surface area contributed by atoms with Crippen molar-refractivity contribution in [2.45, 2.75) is 58.2 Å². The first kappa shape index (κ1) is 29.7. The Morgan fingerprint density at radius 2 is 1.76 bits per heavy atom. The number of amides is 2. The number of halogens is 2. The van der Waals surface area contributed by atoms with Gasteiger partial charge in [-0.15, -0.1) is 0 Å². The number of rotatable bonds is 10. The standard InChI is InChI=1S/C25H30Cl2N4O6S/c1-16-11-12-19(31(34)35)13-23(16)30(38(3,36)37)15-24(32)29(14-20-21(26)9-6-10-22(20)27)17(2)25(33)28-18-7-4-5-8-18/h6,9-13,17-18H,4-5,7-8,14-15H2,1-3H3,(H,28,33)/t17-/m0/s1. The smallest absolute Gasteiger partial charge is 0.271 e. The molecule has 1 aliphatic carbocycles. The van der Waals surface area contributed by atoms with Crippen LogP contribution in [-0.2, 0) is 26.2 Å². The van der Waals surface area contributed by atoms with Crippen LogP contribution in [0.2, 0.25) is 10.0 Å². The van der Waals surface area contributed by atoms with Crippen LogP contribution < -0.4 is 9.62 Å². The Morgan fingerprint density at radius 1 is 1.16 bits per heavy atom. The SMILES string of the molecule is Cc1ccc([N+](=O)[O-])cc1N(CC(=O)N(Cc1c(Cl)cccc1Cl)[C@@H](C)C(=O)NC1CCCC1)S(C)(=O)=O. The zero-order valence-corrected chi connectivity index (χ0v) is 23.6. The van der Waals surface area contributed by atoms with E-state index >= 15 is 0 Å². The van der Waals surface area contributed by atoms with Crippen LogP contribution in [-0.4, -0.2) is 54.9 Å². The second kappa shape index (κ2) is 12.3. The molecular weight excluding hydrogens is 555 g/mol. The van der Waals surface area contributed by atoms with E-state index in [9.17, 15) is 28.1 Å². The Morgan fingerprint density at radius 3 is 2.32 bits per heavy atom. The molecule has 2 aromatic carbocycles. The number of aryl methyl sites for hydroxylation is 1. The van der Waals surface area contributed by atoms with Crippen LogP contribution in [0.3, 0.4) is 0 Å². The number of nitro benzene ring substituents is 1. The largest absolute Gasteiger partial charge is 0.352 e. The lowest BCUT2D eigenvalue weighted by Crippen LogP contribution is -2.52. The Bertz CT molecular complexity index is 1310. The summed E-state index contributed by atoms with van der Waals surface area (Å²) >= 11 is 12.7. The molecule has 0 unspecified atom stereocenters. The minimum absolute atomic E-state index is 0.00541.